The standard InChI is InChI=1S/C13H13N3O2/c1-2-7-16(8-12(17)18)13-10-5-3-4-6-11(10)14-9-15-13/h2-6,9H,1,7-8H2,(H,17,18). The third-order valence-electron chi connectivity index (χ3n) is 2.50. The zero-order valence-corrected chi connectivity index (χ0v) is 9.78. The second-order valence-electron chi connectivity index (χ2n) is 3.78. The van der Waals surface area contributed by atoms with Crippen LogP contribution in [0.2, 0.25) is 0 Å². The fourth-order valence-electron chi connectivity index (χ4n) is 1.79. The lowest BCUT2D eigenvalue weighted by Crippen LogP contribution is -2.30. The van der Waals surface area contributed by atoms with Crippen molar-refractivity contribution < 1.29 is 9.90 Å². The average Bonchev–Trinajstić information content (AvgIpc) is 2.37. The molecule has 5 nitrogen and oxygen atoms in total. The molecule has 0 aliphatic rings. The number of nitrogens with zero attached hydrogens (tertiary/aromatic N) is 3. The molecular weight excluding hydrogens is 230 g/mol. The van der Waals surface area contributed by atoms with Gasteiger partial charge in [0.2, 0.25) is 0 Å². The Morgan fingerprint density at radius 1 is 1.39 bits per heavy atom. The summed E-state index contributed by atoms with van der Waals surface area (Å²) >= 11 is 0. The molecule has 0 spiro atoms. The molecule has 0 saturated carbocycles. The van der Waals surface area contributed by atoms with Gasteiger partial charge in [0.1, 0.15) is 18.7 Å². The van der Waals surface area contributed by atoms with Crippen LogP contribution in [0.15, 0.2) is 43.2 Å². The SMILES string of the molecule is C=CCN(CC(=O)O)c1ncnc2ccccc12. The van der Waals surface area contributed by atoms with Crippen LogP contribution < -0.4 is 4.90 Å². The summed E-state index contributed by atoms with van der Waals surface area (Å²) in [5.41, 5.74) is 0.793. The summed E-state index contributed by atoms with van der Waals surface area (Å²) in [4.78, 5) is 20.9. The van der Waals surface area contributed by atoms with Gasteiger partial charge in [-0.2, -0.15) is 0 Å². The van der Waals surface area contributed by atoms with Gasteiger partial charge in [-0.3, -0.25) is 4.79 Å². The van der Waals surface area contributed by atoms with Gasteiger partial charge >= 0.3 is 5.97 Å². The molecule has 0 saturated heterocycles. The molecule has 1 N–H and O–H groups in total. The first-order valence-corrected chi connectivity index (χ1v) is 5.49. The van der Waals surface area contributed by atoms with Gasteiger partial charge in [0.05, 0.1) is 5.52 Å². The first kappa shape index (κ1) is 12.0. The highest BCUT2D eigenvalue weighted by atomic mass is 16.4. The predicted octanol–water partition coefficient (Wildman–Crippen LogP) is 1.71. The number of aliphatic carboxylic acids is 1. The summed E-state index contributed by atoms with van der Waals surface area (Å²) in [5, 5.41) is 9.76. The third kappa shape index (κ3) is 2.45. The minimum absolute atomic E-state index is 0.118. The quantitative estimate of drug-likeness (QED) is 0.810. The second kappa shape index (κ2) is 5.27. The van der Waals surface area contributed by atoms with E-state index in [2.05, 4.69) is 16.5 Å². The normalized spacial score (nSPS) is 10.2. The molecule has 92 valence electrons. The first-order valence-electron chi connectivity index (χ1n) is 5.49. The Morgan fingerprint density at radius 3 is 2.89 bits per heavy atom. The minimum atomic E-state index is -0.903. The molecule has 0 radical (unpaired) electrons. The molecule has 1 aromatic heterocycles. The van der Waals surface area contributed by atoms with Crippen molar-refractivity contribution in [3.63, 3.8) is 0 Å². The van der Waals surface area contributed by atoms with Gasteiger partial charge in [0.25, 0.3) is 0 Å². The van der Waals surface area contributed by atoms with E-state index in [-0.39, 0.29) is 6.54 Å². The van der Waals surface area contributed by atoms with Crippen molar-refractivity contribution >= 4 is 22.7 Å². The van der Waals surface area contributed by atoms with E-state index >= 15 is 0 Å². The van der Waals surface area contributed by atoms with Crippen molar-refractivity contribution in [1.29, 1.82) is 0 Å². The van der Waals surface area contributed by atoms with Crippen LogP contribution >= 0.6 is 0 Å². The van der Waals surface area contributed by atoms with Crippen LogP contribution in [0, 0.1) is 0 Å². The molecule has 18 heavy (non-hydrogen) atoms. The largest absolute Gasteiger partial charge is 0.480 e. The van der Waals surface area contributed by atoms with Gasteiger partial charge in [-0.15, -0.1) is 6.58 Å². The molecule has 0 fully saturated rings. The summed E-state index contributed by atoms with van der Waals surface area (Å²) < 4.78 is 0. The molecular formula is C13H13N3O2. The fourth-order valence-corrected chi connectivity index (χ4v) is 1.79. The number of carboxylic acid groups (broad SMARTS) is 1. The van der Waals surface area contributed by atoms with Gasteiger partial charge in [-0.05, 0) is 12.1 Å². The number of anilines is 1. The molecule has 2 rings (SSSR count). The topological polar surface area (TPSA) is 66.3 Å². The van der Waals surface area contributed by atoms with Gasteiger partial charge in [-0.1, -0.05) is 18.2 Å². The van der Waals surface area contributed by atoms with Gasteiger partial charge in [0.15, 0.2) is 0 Å². The molecule has 0 bridgehead atoms. The van der Waals surface area contributed by atoms with Crippen molar-refractivity contribution in [2.45, 2.75) is 0 Å². The highest BCUT2D eigenvalue weighted by Gasteiger charge is 2.13. The molecule has 0 amide bonds. The second-order valence-corrected chi connectivity index (χ2v) is 3.78. The fraction of sp³-hybridized carbons (Fsp3) is 0.154. The Balaban J connectivity index is 2.49. The number of carbonyl (C=O) groups is 1. The van der Waals surface area contributed by atoms with Crippen LogP contribution in [0.4, 0.5) is 5.82 Å². The number of rotatable bonds is 5. The van der Waals surface area contributed by atoms with Crippen molar-refractivity contribution in [2.24, 2.45) is 0 Å². The van der Waals surface area contributed by atoms with E-state index in [9.17, 15) is 4.79 Å². The Labute approximate surface area is 104 Å². The molecule has 2 aromatic rings. The number of hydrogen-bond acceptors (Lipinski definition) is 4. The van der Waals surface area contributed by atoms with Crippen LogP contribution in [0.1, 0.15) is 0 Å². The molecule has 0 aliphatic heterocycles. The number of benzene rings is 1. The molecule has 1 aromatic carbocycles. The summed E-state index contributed by atoms with van der Waals surface area (Å²) in [6.45, 7) is 3.94. The van der Waals surface area contributed by atoms with E-state index in [4.69, 9.17) is 5.11 Å². The number of aromatic nitrogens is 2. The van der Waals surface area contributed by atoms with E-state index in [0.717, 1.165) is 10.9 Å². The number of carboxylic acids is 1. The van der Waals surface area contributed by atoms with Crippen LogP contribution in [0.5, 0.6) is 0 Å². The summed E-state index contributed by atoms with van der Waals surface area (Å²) in [6.07, 6.45) is 3.09. The first-order chi connectivity index (χ1) is 8.72. The summed E-state index contributed by atoms with van der Waals surface area (Å²) in [6, 6.07) is 7.51. The van der Waals surface area contributed by atoms with E-state index in [1.165, 1.54) is 6.33 Å². The van der Waals surface area contributed by atoms with E-state index < -0.39 is 5.97 Å². The van der Waals surface area contributed by atoms with Crippen molar-refractivity contribution in [2.75, 3.05) is 18.0 Å². The smallest absolute Gasteiger partial charge is 0.323 e. The van der Waals surface area contributed by atoms with Crippen LogP contribution in [0.3, 0.4) is 0 Å². The lowest BCUT2D eigenvalue weighted by molar-refractivity contribution is -0.135. The lowest BCUT2D eigenvalue weighted by atomic mass is 10.2. The summed E-state index contributed by atoms with van der Waals surface area (Å²) in [7, 11) is 0. The molecule has 0 atom stereocenters. The van der Waals surface area contributed by atoms with E-state index in [1.54, 1.807) is 11.0 Å². The van der Waals surface area contributed by atoms with Crippen molar-refractivity contribution in [1.82, 2.24) is 9.97 Å². The maximum Gasteiger partial charge on any atom is 0.323 e. The van der Waals surface area contributed by atoms with Gasteiger partial charge in [-0.25, -0.2) is 9.97 Å². The van der Waals surface area contributed by atoms with Crippen LogP contribution in [-0.4, -0.2) is 34.1 Å². The number of hydrogen-bond donors (Lipinski definition) is 1. The lowest BCUT2D eigenvalue weighted by Gasteiger charge is -2.20. The minimum Gasteiger partial charge on any atom is -0.480 e. The molecule has 1 heterocycles. The van der Waals surface area contributed by atoms with Crippen molar-refractivity contribution in [3.05, 3.63) is 43.2 Å². The average molecular weight is 243 g/mol. The van der Waals surface area contributed by atoms with Crippen LogP contribution in [-0.2, 0) is 4.79 Å². The zero-order chi connectivity index (χ0) is 13.0. The molecule has 0 unspecified atom stereocenters. The Bertz CT molecular complexity index is 578. The van der Waals surface area contributed by atoms with E-state index in [0.29, 0.717) is 12.4 Å². The van der Waals surface area contributed by atoms with E-state index in [1.807, 2.05) is 24.3 Å². The Morgan fingerprint density at radius 2 is 2.17 bits per heavy atom. The van der Waals surface area contributed by atoms with Gasteiger partial charge in [0, 0.05) is 11.9 Å². The Kier molecular flexibility index (Phi) is 3.52. The monoisotopic (exact) mass is 243 g/mol. The maximum absolute atomic E-state index is 10.9. The highest BCUT2D eigenvalue weighted by molar-refractivity contribution is 5.90. The highest BCUT2D eigenvalue weighted by Crippen LogP contribution is 2.22. The van der Waals surface area contributed by atoms with Gasteiger partial charge < -0.3 is 10.0 Å². The molecule has 5 heteroatoms. The predicted molar refractivity (Wildman–Crippen MR) is 69.6 cm³/mol. The van der Waals surface area contributed by atoms with Crippen molar-refractivity contribution in [3.8, 4) is 0 Å². The zero-order valence-electron chi connectivity index (χ0n) is 9.78. The molecule has 0 aliphatic carbocycles. The maximum atomic E-state index is 10.9. The van der Waals surface area contributed by atoms with Crippen LogP contribution in [0.25, 0.3) is 10.9 Å². The summed E-state index contributed by atoms with van der Waals surface area (Å²) in [5.74, 6) is -0.289. The Hall–Kier alpha value is -2.43. The number of fused-ring (bicyclic) bond motifs is 1. The number of para-hydroxylation sites is 1. The third-order valence-corrected chi connectivity index (χ3v) is 2.50.